The molecule has 88 valence electrons. The second kappa shape index (κ2) is 6.37. The Hall–Kier alpha value is -0.230. The van der Waals surface area contributed by atoms with Crippen molar-refractivity contribution in [1.82, 2.24) is 4.90 Å². The van der Waals surface area contributed by atoms with E-state index in [-0.39, 0.29) is 18.8 Å². The van der Waals surface area contributed by atoms with Crippen molar-refractivity contribution in [2.75, 3.05) is 26.2 Å². The van der Waals surface area contributed by atoms with E-state index < -0.39 is 0 Å². The first-order chi connectivity index (χ1) is 7.11. The number of hydrogen-bond acceptors (Lipinski definition) is 4. The van der Waals surface area contributed by atoms with Crippen molar-refractivity contribution in [2.45, 2.75) is 32.0 Å². The molecule has 0 aromatic carbocycles. The molecule has 2 atom stereocenters. The summed E-state index contributed by atoms with van der Waals surface area (Å²) in [5.74, 6) is 0. The van der Waals surface area contributed by atoms with Crippen molar-refractivity contribution in [3.05, 3.63) is 0 Å². The van der Waals surface area contributed by atoms with Crippen molar-refractivity contribution in [3.8, 4) is 0 Å². The lowest BCUT2D eigenvalue weighted by Gasteiger charge is -2.36. The van der Waals surface area contributed by atoms with E-state index in [1.165, 1.54) is 0 Å². The van der Waals surface area contributed by atoms with Crippen molar-refractivity contribution >= 4 is 17.2 Å². The first-order valence-corrected chi connectivity index (χ1v) is 5.79. The van der Waals surface area contributed by atoms with Gasteiger partial charge >= 0.3 is 0 Å². The minimum atomic E-state index is -0.0430. The van der Waals surface area contributed by atoms with Crippen LogP contribution in [0.3, 0.4) is 0 Å². The number of thiocarbonyl (C=S) groups is 1. The standard InChI is InChI=1S/C10H20N2O2S/c1-8-5-12(4-2-3-10(11)15)6-9(7-13)14-8/h8-9,13H,2-7H2,1H3,(H2,11,15). The molecule has 1 aliphatic rings. The lowest BCUT2D eigenvalue weighted by molar-refractivity contribution is -0.0950. The van der Waals surface area contributed by atoms with Crippen molar-refractivity contribution in [1.29, 1.82) is 0 Å². The Labute approximate surface area is 96.4 Å². The van der Waals surface area contributed by atoms with E-state index >= 15 is 0 Å². The van der Waals surface area contributed by atoms with Crippen LogP contribution in [0.4, 0.5) is 0 Å². The maximum absolute atomic E-state index is 9.05. The molecule has 1 rings (SSSR count). The molecule has 3 N–H and O–H groups in total. The van der Waals surface area contributed by atoms with Crippen LogP contribution in [-0.4, -0.2) is 53.4 Å². The summed E-state index contributed by atoms with van der Waals surface area (Å²) in [6, 6.07) is 0. The van der Waals surface area contributed by atoms with Crippen LogP contribution in [0.2, 0.25) is 0 Å². The van der Waals surface area contributed by atoms with E-state index in [9.17, 15) is 0 Å². The zero-order valence-electron chi connectivity index (χ0n) is 9.19. The van der Waals surface area contributed by atoms with E-state index in [2.05, 4.69) is 4.90 Å². The quantitative estimate of drug-likeness (QED) is 0.660. The van der Waals surface area contributed by atoms with Gasteiger partial charge in [0.15, 0.2) is 0 Å². The predicted octanol–water partition coefficient (Wildman–Crippen LogP) is 0.134. The maximum atomic E-state index is 9.05. The fraction of sp³-hybridized carbons (Fsp3) is 0.900. The largest absolute Gasteiger partial charge is 0.394 e. The smallest absolute Gasteiger partial charge is 0.0936 e. The third-order valence-corrected chi connectivity index (χ3v) is 2.71. The molecule has 1 aliphatic heterocycles. The summed E-state index contributed by atoms with van der Waals surface area (Å²) in [6.45, 7) is 4.83. The van der Waals surface area contributed by atoms with Gasteiger partial charge in [0, 0.05) is 13.1 Å². The van der Waals surface area contributed by atoms with E-state index in [1.54, 1.807) is 0 Å². The van der Waals surface area contributed by atoms with E-state index in [0.717, 1.165) is 32.5 Å². The lowest BCUT2D eigenvalue weighted by atomic mass is 10.2. The Morgan fingerprint density at radius 2 is 2.33 bits per heavy atom. The number of nitrogens with zero attached hydrogens (tertiary/aromatic N) is 1. The Morgan fingerprint density at radius 1 is 1.60 bits per heavy atom. The summed E-state index contributed by atoms with van der Waals surface area (Å²) >= 11 is 4.83. The maximum Gasteiger partial charge on any atom is 0.0936 e. The molecule has 0 aromatic heterocycles. The van der Waals surface area contributed by atoms with Gasteiger partial charge in [-0.2, -0.15) is 0 Å². The molecule has 0 aromatic rings. The van der Waals surface area contributed by atoms with E-state index in [0.29, 0.717) is 4.99 Å². The number of aliphatic hydroxyl groups is 1. The predicted molar refractivity (Wildman–Crippen MR) is 63.9 cm³/mol. The van der Waals surface area contributed by atoms with Crippen LogP contribution in [0, 0.1) is 0 Å². The summed E-state index contributed by atoms with van der Waals surface area (Å²) in [5, 5.41) is 9.05. The van der Waals surface area contributed by atoms with E-state index in [4.69, 9.17) is 27.8 Å². The molecule has 2 unspecified atom stereocenters. The molecule has 0 saturated carbocycles. The number of hydrogen-bond donors (Lipinski definition) is 2. The molecule has 15 heavy (non-hydrogen) atoms. The Kier molecular flexibility index (Phi) is 5.45. The first kappa shape index (κ1) is 12.8. The average Bonchev–Trinajstić information content (AvgIpc) is 2.16. The SMILES string of the molecule is CC1CN(CCCC(N)=S)CC(CO)O1. The molecule has 0 radical (unpaired) electrons. The molecule has 1 heterocycles. The van der Waals surface area contributed by atoms with Crippen LogP contribution >= 0.6 is 12.2 Å². The number of ether oxygens (including phenoxy) is 1. The molecular weight excluding hydrogens is 212 g/mol. The summed E-state index contributed by atoms with van der Waals surface area (Å²) in [6.07, 6.45) is 1.93. The van der Waals surface area contributed by atoms with Gasteiger partial charge in [-0.1, -0.05) is 12.2 Å². The fourth-order valence-corrected chi connectivity index (χ4v) is 2.05. The minimum absolute atomic E-state index is 0.0430. The van der Waals surface area contributed by atoms with Gasteiger partial charge in [0.05, 0.1) is 23.8 Å². The van der Waals surface area contributed by atoms with Crippen LogP contribution in [0.5, 0.6) is 0 Å². The molecule has 0 aliphatic carbocycles. The second-order valence-electron chi connectivity index (χ2n) is 4.08. The normalized spacial score (nSPS) is 27.9. The molecule has 0 amide bonds. The highest BCUT2D eigenvalue weighted by Crippen LogP contribution is 2.11. The molecule has 1 fully saturated rings. The zero-order chi connectivity index (χ0) is 11.3. The highest BCUT2D eigenvalue weighted by molar-refractivity contribution is 7.80. The molecule has 5 heteroatoms. The number of morpholine rings is 1. The zero-order valence-corrected chi connectivity index (χ0v) is 10.0. The van der Waals surface area contributed by atoms with Gasteiger partial charge in [0.1, 0.15) is 0 Å². The lowest BCUT2D eigenvalue weighted by Crippen LogP contribution is -2.48. The van der Waals surface area contributed by atoms with E-state index in [1.807, 2.05) is 6.92 Å². The topological polar surface area (TPSA) is 58.7 Å². The van der Waals surface area contributed by atoms with Crippen LogP contribution in [0.25, 0.3) is 0 Å². The molecule has 4 nitrogen and oxygen atoms in total. The van der Waals surface area contributed by atoms with Crippen molar-refractivity contribution in [3.63, 3.8) is 0 Å². The summed E-state index contributed by atoms with van der Waals surface area (Å²) in [7, 11) is 0. The Bertz CT molecular complexity index is 214. The third-order valence-electron chi connectivity index (χ3n) is 2.50. The Morgan fingerprint density at radius 3 is 2.93 bits per heavy atom. The summed E-state index contributed by atoms with van der Waals surface area (Å²) in [4.78, 5) is 2.88. The van der Waals surface area contributed by atoms with Crippen LogP contribution in [0.15, 0.2) is 0 Å². The minimum Gasteiger partial charge on any atom is -0.394 e. The fourth-order valence-electron chi connectivity index (χ4n) is 1.90. The number of nitrogens with two attached hydrogens (primary N) is 1. The van der Waals surface area contributed by atoms with Crippen molar-refractivity contribution in [2.24, 2.45) is 5.73 Å². The molecule has 0 spiro atoms. The van der Waals surface area contributed by atoms with Crippen LogP contribution < -0.4 is 5.73 Å². The number of rotatable bonds is 5. The third kappa shape index (κ3) is 4.88. The summed E-state index contributed by atoms with van der Waals surface area (Å²) in [5.41, 5.74) is 5.44. The van der Waals surface area contributed by atoms with Gasteiger partial charge in [-0.15, -0.1) is 0 Å². The van der Waals surface area contributed by atoms with Gasteiger partial charge in [-0.05, 0) is 26.3 Å². The van der Waals surface area contributed by atoms with Gasteiger partial charge in [0.2, 0.25) is 0 Å². The van der Waals surface area contributed by atoms with Gasteiger partial charge in [-0.25, -0.2) is 0 Å². The molecular formula is C10H20N2O2S. The highest BCUT2D eigenvalue weighted by Gasteiger charge is 2.23. The van der Waals surface area contributed by atoms with Gasteiger partial charge < -0.3 is 15.6 Å². The molecule has 1 saturated heterocycles. The Balaban J connectivity index is 2.25. The molecule has 0 bridgehead atoms. The second-order valence-corrected chi connectivity index (χ2v) is 4.61. The average molecular weight is 232 g/mol. The van der Waals surface area contributed by atoms with Crippen LogP contribution in [-0.2, 0) is 4.74 Å². The first-order valence-electron chi connectivity index (χ1n) is 5.38. The number of aliphatic hydroxyl groups excluding tert-OH is 1. The monoisotopic (exact) mass is 232 g/mol. The van der Waals surface area contributed by atoms with Crippen LogP contribution in [0.1, 0.15) is 19.8 Å². The highest BCUT2D eigenvalue weighted by atomic mass is 32.1. The summed E-state index contributed by atoms with van der Waals surface area (Å²) < 4.78 is 5.55. The van der Waals surface area contributed by atoms with Gasteiger partial charge in [0.25, 0.3) is 0 Å². The van der Waals surface area contributed by atoms with Gasteiger partial charge in [-0.3, -0.25) is 4.90 Å². The van der Waals surface area contributed by atoms with Crippen molar-refractivity contribution < 1.29 is 9.84 Å².